The van der Waals surface area contributed by atoms with Crippen LogP contribution in [0.25, 0.3) is 6.08 Å². The van der Waals surface area contributed by atoms with Crippen molar-refractivity contribution in [2.45, 2.75) is 6.54 Å². The lowest BCUT2D eigenvalue weighted by atomic mass is 10.2. The number of hydrogen-bond donors (Lipinski definition) is 1. The molecule has 2 nitrogen and oxygen atoms in total. The smallest absolute Gasteiger partial charge is 0.244 e. The molecule has 0 aliphatic heterocycles. The predicted molar refractivity (Wildman–Crippen MR) is 86.4 cm³/mol. The largest absolute Gasteiger partial charge is 0.348 e. The number of halogens is 3. The number of hydrogen-bond acceptors (Lipinski definition) is 1. The first-order valence-electron chi connectivity index (χ1n) is 6.20. The van der Waals surface area contributed by atoms with Gasteiger partial charge in [0, 0.05) is 27.7 Å². The molecule has 2 aromatic rings. The van der Waals surface area contributed by atoms with Crippen molar-refractivity contribution in [3.8, 4) is 0 Å². The predicted octanol–water partition coefficient (Wildman–Crippen LogP) is 4.57. The molecule has 0 spiro atoms. The molecule has 0 aliphatic rings. The molecular formula is C16H12BrClFNO. The van der Waals surface area contributed by atoms with Crippen molar-refractivity contribution in [2.24, 2.45) is 0 Å². The standard InChI is InChI=1S/C16H12BrClFNO/c17-13-6-7-15(19)11(9-13)5-8-16(21)20-10-12-3-1-2-4-14(12)18/h1-9H,10H2,(H,20,21)/b8-5+. The molecule has 0 fully saturated rings. The van der Waals surface area contributed by atoms with Gasteiger partial charge in [0.1, 0.15) is 5.82 Å². The molecular weight excluding hydrogens is 357 g/mol. The van der Waals surface area contributed by atoms with Crippen LogP contribution in [-0.2, 0) is 11.3 Å². The number of carbonyl (C=O) groups is 1. The van der Waals surface area contributed by atoms with Gasteiger partial charge in [0.15, 0.2) is 0 Å². The van der Waals surface area contributed by atoms with E-state index in [2.05, 4.69) is 21.2 Å². The van der Waals surface area contributed by atoms with Crippen LogP contribution in [-0.4, -0.2) is 5.91 Å². The van der Waals surface area contributed by atoms with Crippen LogP contribution >= 0.6 is 27.5 Å². The number of amides is 1. The van der Waals surface area contributed by atoms with Crippen molar-refractivity contribution in [3.63, 3.8) is 0 Å². The fourth-order valence-corrected chi connectivity index (χ4v) is 2.27. The Bertz CT molecular complexity index is 688. The van der Waals surface area contributed by atoms with E-state index in [0.717, 1.165) is 10.0 Å². The molecule has 1 N–H and O–H groups in total. The molecule has 21 heavy (non-hydrogen) atoms. The molecule has 2 rings (SSSR count). The number of carbonyl (C=O) groups excluding carboxylic acids is 1. The van der Waals surface area contributed by atoms with Gasteiger partial charge in [-0.1, -0.05) is 45.7 Å². The Kier molecular flexibility index (Phi) is 5.53. The minimum absolute atomic E-state index is 0.311. The van der Waals surface area contributed by atoms with Crippen LogP contribution in [0.4, 0.5) is 4.39 Å². The van der Waals surface area contributed by atoms with E-state index in [9.17, 15) is 9.18 Å². The highest BCUT2D eigenvalue weighted by molar-refractivity contribution is 9.10. The van der Waals surface area contributed by atoms with Crippen LogP contribution < -0.4 is 5.32 Å². The monoisotopic (exact) mass is 367 g/mol. The summed E-state index contributed by atoms with van der Waals surface area (Å²) in [6, 6.07) is 11.8. The Hall–Kier alpha value is -1.65. The zero-order valence-electron chi connectivity index (χ0n) is 10.9. The Balaban J connectivity index is 1.97. The van der Waals surface area contributed by atoms with Gasteiger partial charge in [-0.05, 0) is 35.9 Å². The molecule has 0 saturated carbocycles. The van der Waals surface area contributed by atoms with Gasteiger partial charge in [-0.2, -0.15) is 0 Å². The van der Waals surface area contributed by atoms with Crippen molar-refractivity contribution >= 4 is 39.5 Å². The van der Waals surface area contributed by atoms with Crippen molar-refractivity contribution in [2.75, 3.05) is 0 Å². The molecule has 0 atom stereocenters. The maximum Gasteiger partial charge on any atom is 0.244 e. The van der Waals surface area contributed by atoms with E-state index in [1.807, 2.05) is 18.2 Å². The van der Waals surface area contributed by atoms with Crippen molar-refractivity contribution in [3.05, 3.63) is 75.0 Å². The Morgan fingerprint density at radius 2 is 2.05 bits per heavy atom. The van der Waals surface area contributed by atoms with Gasteiger partial charge in [-0.3, -0.25) is 4.79 Å². The SMILES string of the molecule is O=C(/C=C/c1cc(Br)ccc1F)NCc1ccccc1Cl. The molecule has 0 saturated heterocycles. The normalized spacial score (nSPS) is 10.8. The molecule has 0 heterocycles. The van der Waals surface area contributed by atoms with E-state index in [0.29, 0.717) is 17.1 Å². The first-order valence-corrected chi connectivity index (χ1v) is 7.38. The van der Waals surface area contributed by atoms with Crippen LogP contribution in [0.2, 0.25) is 5.02 Å². The highest BCUT2D eigenvalue weighted by atomic mass is 79.9. The van der Waals surface area contributed by atoms with E-state index in [4.69, 9.17) is 11.6 Å². The fourth-order valence-electron chi connectivity index (χ4n) is 1.69. The minimum Gasteiger partial charge on any atom is -0.348 e. The highest BCUT2D eigenvalue weighted by Crippen LogP contribution is 2.17. The molecule has 2 aromatic carbocycles. The maximum atomic E-state index is 13.5. The maximum absolute atomic E-state index is 13.5. The molecule has 0 bridgehead atoms. The average molecular weight is 369 g/mol. The third kappa shape index (κ3) is 4.69. The summed E-state index contributed by atoms with van der Waals surface area (Å²) < 4.78 is 14.3. The van der Waals surface area contributed by atoms with Crippen molar-refractivity contribution < 1.29 is 9.18 Å². The van der Waals surface area contributed by atoms with Gasteiger partial charge in [0.2, 0.25) is 5.91 Å². The third-order valence-electron chi connectivity index (χ3n) is 2.78. The van der Waals surface area contributed by atoms with Crippen LogP contribution in [0.3, 0.4) is 0 Å². The van der Waals surface area contributed by atoms with Crippen molar-refractivity contribution in [1.82, 2.24) is 5.32 Å². The van der Waals surface area contributed by atoms with E-state index in [1.165, 1.54) is 18.2 Å². The third-order valence-corrected chi connectivity index (χ3v) is 3.65. The summed E-state index contributed by atoms with van der Waals surface area (Å²) in [5.41, 5.74) is 1.17. The first-order chi connectivity index (χ1) is 10.1. The number of nitrogens with one attached hydrogen (secondary N) is 1. The van der Waals surface area contributed by atoms with Crippen LogP contribution in [0.1, 0.15) is 11.1 Å². The van der Waals surface area contributed by atoms with Crippen molar-refractivity contribution in [1.29, 1.82) is 0 Å². The van der Waals surface area contributed by atoms with Gasteiger partial charge in [0.05, 0.1) is 0 Å². The molecule has 108 valence electrons. The quantitative estimate of drug-likeness (QED) is 0.787. The minimum atomic E-state index is -0.381. The van der Waals surface area contributed by atoms with Gasteiger partial charge in [0.25, 0.3) is 0 Å². The zero-order valence-corrected chi connectivity index (χ0v) is 13.3. The second kappa shape index (κ2) is 7.38. The lowest BCUT2D eigenvalue weighted by Crippen LogP contribution is -2.20. The van der Waals surface area contributed by atoms with Crippen LogP contribution in [0, 0.1) is 5.82 Å². The van der Waals surface area contributed by atoms with E-state index < -0.39 is 0 Å². The molecule has 0 radical (unpaired) electrons. The molecule has 0 aromatic heterocycles. The summed E-state index contributed by atoms with van der Waals surface area (Å²) in [5, 5.41) is 3.30. The molecule has 5 heteroatoms. The van der Waals surface area contributed by atoms with Crippen LogP contribution in [0.5, 0.6) is 0 Å². The first kappa shape index (κ1) is 15.7. The van der Waals surface area contributed by atoms with Crippen LogP contribution in [0.15, 0.2) is 53.0 Å². The zero-order chi connectivity index (χ0) is 15.2. The number of benzene rings is 2. The second-order valence-corrected chi connectivity index (χ2v) is 5.63. The number of rotatable bonds is 4. The van der Waals surface area contributed by atoms with E-state index >= 15 is 0 Å². The molecule has 1 amide bonds. The molecule has 0 unspecified atom stereocenters. The lowest BCUT2D eigenvalue weighted by Gasteiger charge is -2.04. The van der Waals surface area contributed by atoms with E-state index in [1.54, 1.807) is 18.2 Å². The Morgan fingerprint density at radius 3 is 2.81 bits per heavy atom. The summed E-state index contributed by atoms with van der Waals surface area (Å²) in [6.07, 6.45) is 2.73. The van der Waals surface area contributed by atoms with Gasteiger partial charge in [-0.25, -0.2) is 4.39 Å². The van der Waals surface area contributed by atoms with Gasteiger partial charge in [-0.15, -0.1) is 0 Å². The van der Waals surface area contributed by atoms with Gasteiger partial charge >= 0.3 is 0 Å². The second-order valence-electron chi connectivity index (χ2n) is 4.31. The van der Waals surface area contributed by atoms with Gasteiger partial charge < -0.3 is 5.32 Å². The summed E-state index contributed by atoms with van der Waals surface area (Å²) in [4.78, 5) is 11.7. The highest BCUT2D eigenvalue weighted by Gasteiger charge is 2.02. The lowest BCUT2D eigenvalue weighted by molar-refractivity contribution is -0.116. The average Bonchev–Trinajstić information content (AvgIpc) is 2.47. The summed E-state index contributed by atoms with van der Waals surface area (Å²) >= 11 is 9.25. The summed E-state index contributed by atoms with van der Waals surface area (Å²) in [6.45, 7) is 0.323. The topological polar surface area (TPSA) is 29.1 Å². The summed E-state index contributed by atoms with van der Waals surface area (Å²) in [7, 11) is 0. The summed E-state index contributed by atoms with van der Waals surface area (Å²) in [5.74, 6) is -0.692. The Labute approximate surface area is 135 Å². The fraction of sp³-hybridized carbons (Fsp3) is 0.0625. The Morgan fingerprint density at radius 1 is 1.29 bits per heavy atom. The van der Waals surface area contributed by atoms with E-state index in [-0.39, 0.29) is 11.7 Å². The molecule has 0 aliphatic carbocycles.